The molecule has 0 amide bonds. The van der Waals surface area contributed by atoms with Crippen molar-refractivity contribution in [2.75, 3.05) is 16.9 Å². The van der Waals surface area contributed by atoms with E-state index in [1.54, 1.807) is 23.3 Å². The fourth-order valence-corrected chi connectivity index (χ4v) is 2.20. The molecule has 8 nitrogen and oxygen atoms in total. The number of imidazole rings is 1. The van der Waals surface area contributed by atoms with Crippen LogP contribution in [0.3, 0.4) is 0 Å². The lowest BCUT2D eigenvalue weighted by atomic mass is 10.3. The van der Waals surface area contributed by atoms with E-state index in [4.69, 9.17) is 5.84 Å². The number of nitrogens with zero attached hydrogens (tertiary/aromatic N) is 6. The first-order chi connectivity index (χ1) is 10.3. The fourth-order valence-electron chi connectivity index (χ4n) is 2.20. The molecule has 1 fully saturated rings. The number of hydrazine groups is 1. The Balaban J connectivity index is 1.94. The molecule has 2 aromatic rings. The highest BCUT2D eigenvalue weighted by atomic mass is 15.4. The first-order valence-electron chi connectivity index (χ1n) is 7.29. The molecule has 0 unspecified atom stereocenters. The molecule has 0 radical (unpaired) electrons. The van der Waals surface area contributed by atoms with Gasteiger partial charge in [-0.25, -0.2) is 10.8 Å². The van der Waals surface area contributed by atoms with Gasteiger partial charge in [-0.1, -0.05) is 13.3 Å². The van der Waals surface area contributed by atoms with Crippen molar-refractivity contribution in [1.29, 1.82) is 0 Å². The Bertz CT molecular complexity index is 578. The molecular formula is C13H20N8. The highest BCUT2D eigenvalue weighted by Crippen LogP contribution is 2.30. The lowest BCUT2D eigenvalue weighted by Crippen LogP contribution is -2.30. The van der Waals surface area contributed by atoms with E-state index in [-0.39, 0.29) is 0 Å². The zero-order valence-corrected chi connectivity index (χ0v) is 12.1. The molecule has 0 aliphatic heterocycles. The summed E-state index contributed by atoms with van der Waals surface area (Å²) in [6.45, 7) is 3.14. The predicted molar refractivity (Wildman–Crippen MR) is 80.0 cm³/mol. The average Bonchev–Trinajstić information content (AvgIpc) is 3.20. The van der Waals surface area contributed by atoms with Gasteiger partial charge in [-0.15, -0.1) is 0 Å². The molecule has 1 aliphatic carbocycles. The van der Waals surface area contributed by atoms with Crippen molar-refractivity contribution in [2.24, 2.45) is 5.84 Å². The molecule has 1 saturated carbocycles. The Morgan fingerprint density at radius 3 is 2.86 bits per heavy atom. The van der Waals surface area contributed by atoms with Crippen molar-refractivity contribution in [3.8, 4) is 5.95 Å². The van der Waals surface area contributed by atoms with Gasteiger partial charge in [0, 0.05) is 25.0 Å². The van der Waals surface area contributed by atoms with Crippen molar-refractivity contribution in [3.05, 3.63) is 18.7 Å². The minimum absolute atomic E-state index is 0.367. The van der Waals surface area contributed by atoms with Crippen LogP contribution in [0.15, 0.2) is 18.7 Å². The van der Waals surface area contributed by atoms with Crippen LogP contribution < -0.4 is 16.2 Å². The van der Waals surface area contributed by atoms with E-state index in [0.29, 0.717) is 23.9 Å². The molecule has 3 N–H and O–H groups in total. The second kappa shape index (κ2) is 6.04. The van der Waals surface area contributed by atoms with Crippen LogP contribution in [0.4, 0.5) is 11.9 Å². The molecular weight excluding hydrogens is 268 g/mol. The van der Waals surface area contributed by atoms with Crippen LogP contribution in [0.1, 0.15) is 32.6 Å². The molecule has 0 spiro atoms. The van der Waals surface area contributed by atoms with Crippen molar-refractivity contribution >= 4 is 11.9 Å². The minimum Gasteiger partial charge on any atom is -0.338 e. The van der Waals surface area contributed by atoms with Crippen molar-refractivity contribution < 1.29 is 0 Å². The van der Waals surface area contributed by atoms with Crippen LogP contribution in [-0.2, 0) is 0 Å². The van der Waals surface area contributed by atoms with Crippen molar-refractivity contribution in [2.45, 2.75) is 38.6 Å². The van der Waals surface area contributed by atoms with E-state index >= 15 is 0 Å². The number of nitrogen functional groups attached to an aromatic ring is 1. The Morgan fingerprint density at radius 2 is 2.24 bits per heavy atom. The smallest absolute Gasteiger partial charge is 0.243 e. The van der Waals surface area contributed by atoms with Crippen molar-refractivity contribution in [1.82, 2.24) is 24.5 Å². The van der Waals surface area contributed by atoms with E-state index in [9.17, 15) is 0 Å². The summed E-state index contributed by atoms with van der Waals surface area (Å²) in [7, 11) is 0. The summed E-state index contributed by atoms with van der Waals surface area (Å²) >= 11 is 0. The quantitative estimate of drug-likeness (QED) is 0.581. The second-order valence-corrected chi connectivity index (χ2v) is 5.15. The molecule has 2 aromatic heterocycles. The van der Waals surface area contributed by atoms with Crippen LogP contribution in [0.25, 0.3) is 5.95 Å². The number of unbranched alkanes of at least 4 members (excludes halogenated alkanes) is 1. The summed E-state index contributed by atoms with van der Waals surface area (Å²) in [4.78, 5) is 19.5. The van der Waals surface area contributed by atoms with E-state index in [0.717, 1.165) is 19.4 Å². The number of nitrogens with one attached hydrogen (secondary N) is 1. The van der Waals surface area contributed by atoms with E-state index in [1.165, 1.54) is 12.8 Å². The van der Waals surface area contributed by atoms with Gasteiger partial charge in [0.25, 0.3) is 0 Å². The predicted octanol–water partition coefficient (Wildman–Crippen LogP) is 1.11. The maximum atomic E-state index is 5.49. The average molecular weight is 288 g/mol. The summed E-state index contributed by atoms with van der Waals surface area (Å²) in [5, 5.41) is 0. The highest BCUT2D eigenvalue weighted by molar-refractivity contribution is 5.41. The number of anilines is 2. The van der Waals surface area contributed by atoms with Gasteiger partial charge in [0.1, 0.15) is 6.33 Å². The van der Waals surface area contributed by atoms with Crippen LogP contribution in [-0.4, -0.2) is 37.1 Å². The monoisotopic (exact) mass is 288 g/mol. The van der Waals surface area contributed by atoms with Crippen LogP contribution >= 0.6 is 0 Å². The molecule has 0 bridgehead atoms. The summed E-state index contributed by atoms with van der Waals surface area (Å²) in [6.07, 6.45) is 9.80. The molecule has 3 rings (SSSR count). The molecule has 0 aromatic carbocycles. The van der Waals surface area contributed by atoms with Crippen molar-refractivity contribution in [3.63, 3.8) is 0 Å². The Kier molecular flexibility index (Phi) is 3.96. The van der Waals surface area contributed by atoms with Crippen LogP contribution in [0.2, 0.25) is 0 Å². The number of hydrogen-bond acceptors (Lipinski definition) is 7. The van der Waals surface area contributed by atoms with Crippen LogP contribution in [0.5, 0.6) is 0 Å². The molecule has 1 aliphatic rings. The van der Waals surface area contributed by atoms with E-state index < -0.39 is 0 Å². The third-order valence-electron chi connectivity index (χ3n) is 3.47. The third kappa shape index (κ3) is 3.10. The molecule has 21 heavy (non-hydrogen) atoms. The SMILES string of the molecule is CCCCN(c1nc(NN)nc(-n2ccnc2)n1)C1CC1. The summed E-state index contributed by atoms with van der Waals surface area (Å²) < 4.78 is 1.75. The molecule has 0 atom stereocenters. The lowest BCUT2D eigenvalue weighted by molar-refractivity contribution is 0.688. The van der Waals surface area contributed by atoms with Gasteiger partial charge in [0.15, 0.2) is 0 Å². The second-order valence-electron chi connectivity index (χ2n) is 5.15. The fraction of sp³-hybridized carbons (Fsp3) is 0.538. The number of nitrogens with two attached hydrogens (primary N) is 1. The number of rotatable bonds is 7. The van der Waals surface area contributed by atoms with E-state index in [2.05, 4.69) is 37.2 Å². The minimum atomic E-state index is 0.367. The van der Waals surface area contributed by atoms with Gasteiger partial charge in [-0.2, -0.15) is 15.0 Å². The normalized spacial score (nSPS) is 14.2. The first kappa shape index (κ1) is 13.7. The molecule has 2 heterocycles. The lowest BCUT2D eigenvalue weighted by Gasteiger charge is -2.22. The maximum Gasteiger partial charge on any atom is 0.243 e. The van der Waals surface area contributed by atoms with Gasteiger partial charge in [-0.05, 0) is 19.3 Å². The molecule has 112 valence electrons. The third-order valence-corrected chi connectivity index (χ3v) is 3.47. The summed E-state index contributed by atoms with van der Waals surface area (Å²) in [5.41, 5.74) is 2.52. The van der Waals surface area contributed by atoms with Crippen LogP contribution in [0, 0.1) is 0 Å². The maximum absolute atomic E-state index is 5.49. The zero-order valence-electron chi connectivity index (χ0n) is 12.1. The van der Waals surface area contributed by atoms with Gasteiger partial charge in [0.05, 0.1) is 0 Å². The van der Waals surface area contributed by atoms with Gasteiger partial charge in [0.2, 0.25) is 17.8 Å². The highest BCUT2D eigenvalue weighted by Gasteiger charge is 2.31. The van der Waals surface area contributed by atoms with Gasteiger partial charge in [-0.3, -0.25) is 9.99 Å². The largest absolute Gasteiger partial charge is 0.338 e. The summed E-state index contributed by atoms with van der Waals surface area (Å²) in [5.74, 6) is 7.05. The zero-order chi connectivity index (χ0) is 14.7. The Hall–Kier alpha value is -2.22. The van der Waals surface area contributed by atoms with E-state index in [1.807, 2.05) is 0 Å². The Morgan fingerprint density at radius 1 is 1.38 bits per heavy atom. The topological polar surface area (TPSA) is 97.8 Å². The van der Waals surface area contributed by atoms with Gasteiger partial charge >= 0.3 is 0 Å². The first-order valence-corrected chi connectivity index (χ1v) is 7.29. The molecule has 8 heteroatoms. The Labute approximate surface area is 123 Å². The molecule has 0 saturated heterocycles. The summed E-state index contributed by atoms with van der Waals surface area (Å²) in [6, 6.07) is 0.542. The standard InChI is InChI=1S/C13H20N8/c1-2-3-7-21(10-4-5-10)13-17-11(19-14)16-12(18-13)20-8-6-15-9-20/h6,8-10H,2-5,7,14H2,1H3,(H,16,17,18,19). The van der Waals surface area contributed by atoms with Gasteiger partial charge < -0.3 is 4.90 Å². The number of hydrogen-bond donors (Lipinski definition) is 2. The number of aromatic nitrogens is 5.